The summed E-state index contributed by atoms with van der Waals surface area (Å²) in [6.45, 7) is 7.79. The molecule has 0 aliphatic heterocycles. The highest BCUT2D eigenvalue weighted by Gasteiger charge is 2.38. The van der Waals surface area contributed by atoms with E-state index in [0.29, 0.717) is 23.2 Å². The maximum Gasteiger partial charge on any atom is 0.490 e. The normalized spacial score (nSPS) is 11.9. The van der Waals surface area contributed by atoms with Crippen molar-refractivity contribution in [2.24, 2.45) is 5.92 Å². The average Bonchev–Trinajstić information content (AvgIpc) is 3.62. The lowest BCUT2D eigenvalue weighted by Crippen LogP contribution is -2.41. The Balaban J connectivity index is 0.000000782. The molecule has 2 aromatic heterocycles. The Morgan fingerprint density at radius 1 is 1.00 bits per heavy atom. The number of hydrogen-bond acceptors (Lipinski definition) is 7. The lowest BCUT2D eigenvalue weighted by molar-refractivity contribution is -0.192. The summed E-state index contributed by atoms with van der Waals surface area (Å²) in [5, 5.41) is 28.8. The van der Waals surface area contributed by atoms with E-state index in [2.05, 4.69) is 25.8 Å². The maximum absolute atomic E-state index is 12.5. The molecule has 1 unspecified atom stereocenters. The fourth-order valence-electron chi connectivity index (χ4n) is 3.59. The molecule has 5 N–H and O–H groups in total. The third-order valence-corrected chi connectivity index (χ3v) is 5.83. The zero-order valence-corrected chi connectivity index (χ0v) is 23.3. The standard InChI is InChI=1S/C25H31N5O5.C2HF3O2/c1-5-17(6-2)27-23(32)21-13-26-24(35-21)16-9-7-8-15(11-16)18-12-19(30-29-18)22(31)28-20(25(33)34)10-14(3)4;3-2(4,5)1(6)7/h7-9,11-14,17,20H,5-6,10H2,1-4H3,(H,27,32)(H,28,31)(H,29,30)(H,33,34);(H,6,7). The van der Waals surface area contributed by atoms with Crippen LogP contribution in [0.3, 0.4) is 0 Å². The van der Waals surface area contributed by atoms with Crippen LogP contribution in [-0.2, 0) is 9.59 Å². The molecule has 0 saturated carbocycles. The van der Waals surface area contributed by atoms with Gasteiger partial charge in [0.1, 0.15) is 6.04 Å². The first-order valence-corrected chi connectivity index (χ1v) is 12.9. The van der Waals surface area contributed by atoms with Gasteiger partial charge in [-0.3, -0.25) is 14.7 Å². The minimum atomic E-state index is -5.08. The van der Waals surface area contributed by atoms with Crippen LogP contribution in [0.25, 0.3) is 22.7 Å². The van der Waals surface area contributed by atoms with Crippen LogP contribution in [0.2, 0.25) is 0 Å². The van der Waals surface area contributed by atoms with E-state index in [1.807, 2.05) is 33.8 Å². The largest absolute Gasteiger partial charge is 0.490 e. The number of nitrogens with zero attached hydrogens (tertiary/aromatic N) is 2. The minimum Gasteiger partial charge on any atom is -0.480 e. The van der Waals surface area contributed by atoms with Crippen LogP contribution >= 0.6 is 0 Å². The van der Waals surface area contributed by atoms with E-state index >= 15 is 0 Å². The van der Waals surface area contributed by atoms with Crippen LogP contribution in [0.4, 0.5) is 13.2 Å². The Bertz CT molecular complexity index is 1380. The lowest BCUT2D eigenvalue weighted by atomic mass is 10.0. The first-order chi connectivity index (χ1) is 19.7. The first kappa shape index (κ1) is 33.5. The van der Waals surface area contributed by atoms with Crippen LogP contribution in [0.5, 0.6) is 0 Å². The summed E-state index contributed by atoms with van der Waals surface area (Å²) in [7, 11) is 0. The molecule has 0 bridgehead atoms. The zero-order valence-electron chi connectivity index (χ0n) is 23.3. The Kier molecular flexibility index (Phi) is 11.8. The maximum atomic E-state index is 12.5. The number of nitrogens with one attached hydrogen (secondary N) is 3. The highest BCUT2D eigenvalue weighted by atomic mass is 19.4. The van der Waals surface area contributed by atoms with E-state index in [-0.39, 0.29) is 35.2 Å². The van der Waals surface area contributed by atoms with Crippen molar-refractivity contribution in [1.82, 2.24) is 25.8 Å². The summed E-state index contributed by atoms with van der Waals surface area (Å²) >= 11 is 0. The second kappa shape index (κ2) is 14.8. The molecule has 42 heavy (non-hydrogen) atoms. The van der Waals surface area contributed by atoms with E-state index in [1.165, 1.54) is 6.20 Å². The van der Waals surface area contributed by atoms with Crippen LogP contribution in [0.15, 0.2) is 40.9 Å². The minimum absolute atomic E-state index is 0.0716. The summed E-state index contributed by atoms with van der Waals surface area (Å²) in [5.74, 6) is -4.20. The van der Waals surface area contributed by atoms with E-state index < -0.39 is 30.1 Å². The topological polar surface area (TPSA) is 188 Å². The SMILES string of the molecule is CCC(CC)NC(=O)c1cnc(-c2cccc(-c3cc(C(=O)NC(CC(C)C)C(=O)O)n[nH]3)c2)o1.O=C(O)C(F)(F)F. The monoisotopic (exact) mass is 595 g/mol. The van der Waals surface area contributed by atoms with Crippen LogP contribution in [-0.4, -0.2) is 67.4 Å². The molecule has 15 heteroatoms. The number of hydrogen-bond donors (Lipinski definition) is 5. The fraction of sp³-hybridized carbons (Fsp3) is 0.407. The summed E-state index contributed by atoms with van der Waals surface area (Å²) in [4.78, 5) is 49.5. The van der Waals surface area contributed by atoms with Crippen molar-refractivity contribution < 1.29 is 47.0 Å². The third-order valence-electron chi connectivity index (χ3n) is 5.83. The summed E-state index contributed by atoms with van der Waals surface area (Å²) in [6, 6.07) is 7.83. The number of carbonyl (C=O) groups excluding carboxylic acids is 2. The molecule has 3 rings (SSSR count). The summed E-state index contributed by atoms with van der Waals surface area (Å²) in [6.07, 6.45) is -1.73. The van der Waals surface area contributed by atoms with Gasteiger partial charge in [0.25, 0.3) is 11.8 Å². The van der Waals surface area contributed by atoms with Gasteiger partial charge < -0.3 is 25.3 Å². The molecule has 2 heterocycles. The van der Waals surface area contributed by atoms with Crippen LogP contribution in [0, 0.1) is 5.92 Å². The van der Waals surface area contributed by atoms with Crippen molar-refractivity contribution in [1.29, 1.82) is 0 Å². The number of amides is 2. The van der Waals surface area contributed by atoms with Crippen molar-refractivity contribution in [3.05, 3.63) is 48.0 Å². The molecular formula is C27H32F3N5O7. The second-order valence-electron chi connectivity index (χ2n) is 9.56. The van der Waals surface area contributed by atoms with Crippen molar-refractivity contribution in [2.75, 3.05) is 0 Å². The Morgan fingerprint density at radius 2 is 1.62 bits per heavy atom. The highest BCUT2D eigenvalue weighted by molar-refractivity contribution is 5.96. The molecule has 0 saturated heterocycles. The average molecular weight is 596 g/mol. The number of carboxylic acids is 2. The van der Waals surface area contributed by atoms with Crippen molar-refractivity contribution >= 4 is 23.8 Å². The van der Waals surface area contributed by atoms with Gasteiger partial charge >= 0.3 is 18.1 Å². The van der Waals surface area contributed by atoms with Crippen molar-refractivity contribution in [2.45, 2.75) is 65.2 Å². The number of aromatic nitrogens is 3. The van der Waals surface area contributed by atoms with Gasteiger partial charge in [-0.1, -0.05) is 39.8 Å². The molecule has 0 aliphatic carbocycles. The fourth-order valence-corrected chi connectivity index (χ4v) is 3.59. The number of halogens is 3. The van der Waals surface area contributed by atoms with Gasteiger partial charge in [-0.25, -0.2) is 14.6 Å². The van der Waals surface area contributed by atoms with Gasteiger partial charge in [0, 0.05) is 17.2 Å². The number of alkyl halides is 3. The smallest absolute Gasteiger partial charge is 0.480 e. The Hall–Kier alpha value is -4.69. The lowest BCUT2D eigenvalue weighted by Gasteiger charge is -2.15. The molecule has 0 spiro atoms. The van der Waals surface area contributed by atoms with Gasteiger partial charge in [0.2, 0.25) is 11.7 Å². The van der Waals surface area contributed by atoms with E-state index in [4.69, 9.17) is 14.3 Å². The quantitative estimate of drug-likeness (QED) is 0.212. The number of oxazole rings is 1. The van der Waals surface area contributed by atoms with Crippen LogP contribution < -0.4 is 10.6 Å². The number of aromatic amines is 1. The van der Waals surface area contributed by atoms with Crippen LogP contribution in [0.1, 0.15) is 68.0 Å². The molecule has 3 aromatic rings. The molecular weight excluding hydrogens is 563 g/mol. The number of benzene rings is 1. The number of carbonyl (C=O) groups is 4. The number of rotatable bonds is 11. The van der Waals surface area contributed by atoms with Crippen molar-refractivity contribution in [3.63, 3.8) is 0 Å². The predicted octanol–water partition coefficient (Wildman–Crippen LogP) is 4.51. The molecule has 1 aromatic carbocycles. The van der Waals surface area contributed by atoms with Gasteiger partial charge in [-0.15, -0.1) is 0 Å². The first-order valence-electron chi connectivity index (χ1n) is 12.9. The second-order valence-corrected chi connectivity index (χ2v) is 9.56. The van der Waals surface area contributed by atoms with Crippen molar-refractivity contribution in [3.8, 4) is 22.7 Å². The van der Waals surface area contributed by atoms with E-state index in [1.54, 1.807) is 24.3 Å². The molecule has 1 atom stereocenters. The van der Waals surface area contributed by atoms with Gasteiger partial charge in [-0.2, -0.15) is 18.3 Å². The summed E-state index contributed by atoms with van der Waals surface area (Å²) < 4.78 is 37.4. The van der Waals surface area contributed by atoms with E-state index in [0.717, 1.165) is 12.8 Å². The molecule has 0 radical (unpaired) electrons. The number of H-pyrrole nitrogens is 1. The third kappa shape index (κ3) is 9.74. The molecule has 0 aliphatic rings. The number of aliphatic carboxylic acids is 2. The number of carboxylic acid groups (broad SMARTS) is 2. The highest BCUT2D eigenvalue weighted by Crippen LogP contribution is 2.26. The summed E-state index contributed by atoms with van der Waals surface area (Å²) in [5.41, 5.74) is 2.00. The van der Waals surface area contributed by atoms with Gasteiger partial charge in [0.05, 0.1) is 11.9 Å². The van der Waals surface area contributed by atoms with Gasteiger partial charge in [0.15, 0.2) is 5.69 Å². The Labute approximate surface area is 238 Å². The Morgan fingerprint density at radius 3 is 2.17 bits per heavy atom. The van der Waals surface area contributed by atoms with E-state index in [9.17, 15) is 32.7 Å². The predicted molar refractivity (Wildman–Crippen MR) is 143 cm³/mol. The molecule has 12 nitrogen and oxygen atoms in total. The molecule has 2 amide bonds. The zero-order chi connectivity index (χ0) is 31.6. The molecule has 228 valence electrons. The van der Waals surface area contributed by atoms with Gasteiger partial charge in [-0.05, 0) is 43.4 Å². The molecule has 0 fully saturated rings.